The molecule has 1 aliphatic heterocycles. The lowest BCUT2D eigenvalue weighted by Gasteiger charge is -2.17. The van der Waals surface area contributed by atoms with Crippen molar-refractivity contribution in [2.75, 3.05) is 13.1 Å². The van der Waals surface area contributed by atoms with E-state index in [1.165, 1.54) is 11.1 Å². The van der Waals surface area contributed by atoms with Crippen LogP contribution in [0.1, 0.15) is 52.2 Å². The monoisotopic (exact) mass is 298 g/mol. The molecule has 1 fully saturated rings. The average molecular weight is 298 g/mol. The van der Waals surface area contributed by atoms with Crippen molar-refractivity contribution >= 4 is 5.91 Å². The van der Waals surface area contributed by atoms with Gasteiger partial charge in [0.05, 0.1) is 5.69 Å². The Labute approximate surface area is 131 Å². The molecule has 2 aromatic rings. The van der Waals surface area contributed by atoms with Crippen LogP contribution < -0.4 is 0 Å². The Hall–Kier alpha value is -2.10. The zero-order valence-corrected chi connectivity index (χ0v) is 13.4. The van der Waals surface area contributed by atoms with Crippen molar-refractivity contribution in [3.8, 4) is 0 Å². The number of carbonyl (C=O) groups is 1. The molecule has 1 saturated heterocycles. The molecule has 0 aliphatic carbocycles. The Morgan fingerprint density at radius 3 is 2.86 bits per heavy atom. The molecular weight excluding hydrogens is 276 g/mol. The van der Waals surface area contributed by atoms with Crippen molar-refractivity contribution in [2.45, 2.75) is 39.5 Å². The van der Waals surface area contributed by atoms with Crippen LogP contribution in [0.25, 0.3) is 0 Å². The maximum absolute atomic E-state index is 12.8. The number of rotatable bonds is 3. The Kier molecular flexibility index (Phi) is 4.01. The van der Waals surface area contributed by atoms with E-state index in [-0.39, 0.29) is 5.91 Å². The number of benzene rings is 1. The minimum atomic E-state index is 0.0617. The van der Waals surface area contributed by atoms with E-state index in [1.54, 1.807) is 0 Å². The maximum atomic E-state index is 12.8. The molecule has 1 unspecified atom stereocenters. The van der Waals surface area contributed by atoms with Gasteiger partial charge < -0.3 is 9.42 Å². The quantitative estimate of drug-likeness (QED) is 0.871. The lowest BCUT2D eigenvalue weighted by molar-refractivity contribution is 0.0788. The Balaban J connectivity index is 1.79. The van der Waals surface area contributed by atoms with Crippen molar-refractivity contribution in [3.63, 3.8) is 0 Å². The summed E-state index contributed by atoms with van der Waals surface area (Å²) in [6.07, 6.45) is 1.73. The summed E-state index contributed by atoms with van der Waals surface area (Å²) in [5, 5.41) is 4.00. The second-order valence-corrected chi connectivity index (χ2v) is 6.01. The second kappa shape index (κ2) is 5.95. The van der Waals surface area contributed by atoms with Gasteiger partial charge in [-0.3, -0.25) is 4.79 Å². The molecule has 1 atom stereocenters. The molecule has 1 aromatic carbocycles. The number of likely N-dealkylation sites (tertiary alicyclic amines) is 1. The molecule has 4 nitrogen and oxygen atoms in total. The zero-order valence-electron chi connectivity index (χ0n) is 13.4. The van der Waals surface area contributed by atoms with Gasteiger partial charge in [0.25, 0.3) is 5.91 Å². The fourth-order valence-electron chi connectivity index (χ4n) is 3.33. The third kappa shape index (κ3) is 2.54. The smallest absolute Gasteiger partial charge is 0.259 e. The van der Waals surface area contributed by atoms with Crippen LogP contribution in [-0.2, 0) is 6.42 Å². The molecule has 0 spiro atoms. The fraction of sp³-hybridized carbons (Fsp3) is 0.444. The van der Waals surface area contributed by atoms with Gasteiger partial charge in [-0.15, -0.1) is 0 Å². The van der Waals surface area contributed by atoms with Crippen LogP contribution in [0.15, 0.2) is 28.8 Å². The van der Waals surface area contributed by atoms with Gasteiger partial charge in [0, 0.05) is 19.0 Å². The number of hydrogen-bond donors (Lipinski definition) is 0. The van der Waals surface area contributed by atoms with Crippen LogP contribution in [0.2, 0.25) is 0 Å². The molecular formula is C18H22N2O2. The highest BCUT2D eigenvalue weighted by Gasteiger charge is 2.31. The summed E-state index contributed by atoms with van der Waals surface area (Å²) in [6, 6.07) is 8.45. The lowest BCUT2D eigenvalue weighted by Crippen LogP contribution is -2.29. The zero-order chi connectivity index (χ0) is 15.7. The minimum Gasteiger partial charge on any atom is -0.361 e. The average Bonchev–Trinajstić information content (AvgIpc) is 3.14. The largest absolute Gasteiger partial charge is 0.361 e. The third-order valence-corrected chi connectivity index (χ3v) is 4.59. The number of nitrogens with zero attached hydrogens (tertiary/aromatic N) is 2. The normalized spacial score (nSPS) is 18.0. The first kappa shape index (κ1) is 14.8. The summed E-state index contributed by atoms with van der Waals surface area (Å²) in [4.78, 5) is 14.7. The van der Waals surface area contributed by atoms with Gasteiger partial charge in [-0.1, -0.05) is 36.3 Å². The second-order valence-electron chi connectivity index (χ2n) is 6.01. The van der Waals surface area contributed by atoms with Crippen LogP contribution in [0.3, 0.4) is 0 Å². The SMILES string of the molecule is CCc1noc(C)c1C(=O)N1CCC(c2ccccc2C)C1. The highest BCUT2D eigenvalue weighted by Crippen LogP contribution is 2.31. The molecule has 0 saturated carbocycles. The van der Waals surface area contributed by atoms with E-state index in [0.29, 0.717) is 23.7 Å². The number of hydrogen-bond acceptors (Lipinski definition) is 3. The predicted octanol–water partition coefficient (Wildman–Crippen LogP) is 3.48. The molecule has 0 N–H and O–H groups in total. The first-order valence-electron chi connectivity index (χ1n) is 7.91. The molecule has 1 aromatic heterocycles. The molecule has 0 radical (unpaired) electrons. The predicted molar refractivity (Wildman–Crippen MR) is 85.1 cm³/mol. The van der Waals surface area contributed by atoms with Crippen LogP contribution in [0.5, 0.6) is 0 Å². The summed E-state index contributed by atoms with van der Waals surface area (Å²) in [5.74, 6) is 1.11. The summed E-state index contributed by atoms with van der Waals surface area (Å²) in [6.45, 7) is 7.52. The topological polar surface area (TPSA) is 46.3 Å². The summed E-state index contributed by atoms with van der Waals surface area (Å²) < 4.78 is 5.20. The van der Waals surface area contributed by atoms with Gasteiger partial charge in [-0.2, -0.15) is 0 Å². The van der Waals surface area contributed by atoms with Gasteiger partial charge in [-0.25, -0.2) is 0 Å². The molecule has 3 rings (SSSR count). The molecule has 0 bridgehead atoms. The van der Waals surface area contributed by atoms with Crippen LogP contribution in [-0.4, -0.2) is 29.1 Å². The van der Waals surface area contributed by atoms with Gasteiger partial charge in [0.15, 0.2) is 0 Å². The molecule has 2 heterocycles. The first-order valence-corrected chi connectivity index (χ1v) is 7.91. The van der Waals surface area contributed by atoms with Gasteiger partial charge in [0.1, 0.15) is 11.3 Å². The minimum absolute atomic E-state index is 0.0617. The van der Waals surface area contributed by atoms with E-state index in [1.807, 2.05) is 18.7 Å². The number of carbonyl (C=O) groups excluding carboxylic acids is 1. The van der Waals surface area contributed by atoms with Crippen LogP contribution >= 0.6 is 0 Å². The van der Waals surface area contributed by atoms with Crippen molar-refractivity contribution < 1.29 is 9.32 Å². The van der Waals surface area contributed by atoms with Gasteiger partial charge in [0.2, 0.25) is 0 Å². The molecule has 1 aliphatic rings. The molecule has 4 heteroatoms. The Bertz CT molecular complexity index is 690. The van der Waals surface area contributed by atoms with Crippen molar-refractivity contribution in [3.05, 3.63) is 52.4 Å². The maximum Gasteiger partial charge on any atom is 0.259 e. The van der Waals surface area contributed by atoms with E-state index in [9.17, 15) is 4.79 Å². The van der Waals surface area contributed by atoms with Crippen LogP contribution in [0.4, 0.5) is 0 Å². The molecule has 1 amide bonds. The summed E-state index contributed by atoms with van der Waals surface area (Å²) >= 11 is 0. The van der Waals surface area contributed by atoms with Crippen molar-refractivity contribution in [1.29, 1.82) is 0 Å². The fourth-order valence-corrected chi connectivity index (χ4v) is 3.33. The lowest BCUT2D eigenvalue weighted by atomic mass is 9.94. The van der Waals surface area contributed by atoms with E-state index in [2.05, 4.69) is 36.3 Å². The number of aryl methyl sites for hydroxylation is 3. The van der Waals surface area contributed by atoms with Crippen LogP contribution in [0, 0.1) is 13.8 Å². The summed E-state index contributed by atoms with van der Waals surface area (Å²) in [5.41, 5.74) is 4.09. The number of aromatic nitrogens is 1. The third-order valence-electron chi connectivity index (χ3n) is 4.59. The van der Waals surface area contributed by atoms with Crippen molar-refractivity contribution in [2.24, 2.45) is 0 Å². The van der Waals surface area contributed by atoms with Crippen molar-refractivity contribution in [1.82, 2.24) is 10.1 Å². The van der Waals surface area contributed by atoms with E-state index in [4.69, 9.17) is 4.52 Å². The van der Waals surface area contributed by atoms with E-state index < -0.39 is 0 Å². The standard InChI is InChI=1S/C18H22N2O2/c1-4-16-17(13(3)22-19-16)18(21)20-10-9-14(11-20)15-8-6-5-7-12(15)2/h5-8,14H,4,9-11H2,1-3H3. The molecule has 116 valence electrons. The van der Waals surface area contributed by atoms with E-state index in [0.717, 1.165) is 25.2 Å². The summed E-state index contributed by atoms with van der Waals surface area (Å²) in [7, 11) is 0. The Morgan fingerprint density at radius 1 is 1.36 bits per heavy atom. The number of amides is 1. The highest BCUT2D eigenvalue weighted by atomic mass is 16.5. The van der Waals surface area contributed by atoms with Gasteiger partial charge >= 0.3 is 0 Å². The Morgan fingerprint density at radius 2 is 2.14 bits per heavy atom. The highest BCUT2D eigenvalue weighted by molar-refractivity contribution is 5.96. The van der Waals surface area contributed by atoms with Gasteiger partial charge in [-0.05, 0) is 37.8 Å². The first-order chi connectivity index (χ1) is 10.6. The molecule has 22 heavy (non-hydrogen) atoms. The van der Waals surface area contributed by atoms with E-state index >= 15 is 0 Å².